The van der Waals surface area contributed by atoms with Crippen molar-refractivity contribution in [3.05, 3.63) is 0 Å². The molecule has 0 saturated carbocycles. The second-order valence-electron chi connectivity index (χ2n) is 22.6. The van der Waals surface area contributed by atoms with Gasteiger partial charge in [0.05, 0.1) is 18.7 Å². The highest BCUT2D eigenvalue weighted by Crippen LogP contribution is 2.14. The van der Waals surface area contributed by atoms with Gasteiger partial charge in [0.1, 0.15) is 60.4 Å². The van der Waals surface area contributed by atoms with Gasteiger partial charge in [0.2, 0.25) is 65.0 Å². The Morgan fingerprint density at radius 2 is 0.741 bits per heavy atom. The first kappa shape index (κ1) is 74.9. The summed E-state index contributed by atoms with van der Waals surface area (Å²) in [5.74, 6) is -12.9. The van der Waals surface area contributed by atoms with E-state index in [9.17, 15) is 67.7 Å². The number of rotatable bonds is 36. The van der Waals surface area contributed by atoms with Gasteiger partial charge in [0, 0.05) is 5.75 Å². The lowest BCUT2D eigenvalue weighted by molar-refractivity contribution is -0.143. The van der Waals surface area contributed by atoms with Crippen LogP contribution in [0, 0.1) is 41.4 Å². The first-order valence-corrected chi connectivity index (χ1v) is 28.7. The van der Waals surface area contributed by atoms with Crippen molar-refractivity contribution in [1.29, 1.82) is 0 Å². The maximum atomic E-state index is 13.8. The smallest absolute Gasteiger partial charge is 0.326 e. The summed E-state index contributed by atoms with van der Waals surface area (Å²) >= 11 is 4.26. The second kappa shape index (κ2) is 36.4. The summed E-state index contributed by atoms with van der Waals surface area (Å²) in [7, 11) is 0. The number of amides is 11. The lowest BCUT2D eigenvalue weighted by Gasteiger charge is -2.30. The topological polar surface area (TPSA) is 404 Å². The fourth-order valence-electron chi connectivity index (χ4n) is 7.96. The predicted octanol–water partition coefficient (Wildman–Crippen LogP) is -1.13. The van der Waals surface area contributed by atoms with Crippen molar-refractivity contribution in [3.63, 3.8) is 0 Å². The van der Waals surface area contributed by atoms with E-state index in [4.69, 9.17) is 5.73 Å². The van der Waals surface area contributed by atoms with Crippen molar-refractivity contribution < 1.29 is 67.7 Å². The number of thiol groups is 1. The number of carbonyl (C=O) groups is 12. The van der Waals surface area contributed by atoms with Crippen LogP contribution in [0.1, 0.15) is 143 Å². The van der Waals surface area contributed by atoms with E-state index >= 15 is 0 Å². The molecule has 0 saturated heterocycles. The third kappa shape index (κ3) is 25.3. The molecule has 0 aliphatic carbocycles. The van der Waals surface area contributed by atoms with Crippen LogP contribution < -0.4 is 64.2 Å². The molecule has 0 fully saturated rings. The zero-order chi connectivity index (χ0) is 62.9. The highest BCUT2D eigenvalue weighted by atomic mass is 32.1. The van der Waals surface area contributed by atoms with Gasteiger partial charge in [-0.05, 0) is 68.6 Å². The van der Waals surface area contributed by atoms with Crippen LogP contribution in [-0.4, -0.2) is 166 Å². The summed E-state index contributed by atoms with van der Waals surface area (Å²) in [5.41, 5.74) is 6.04. The van der Waals surface area contributed by atoms with Crippen molar-refractivity contribution in [2.75, 3.05) is 12.3 Å². The zero-order valence-electron chi connectivity index (χ0n) is 50.5. The minimum Gasteiger partial charge on any atom is -0.480 e. The molecule has 0 radical (unpaired) electrons. The molecule has 11 amide bonds. The Hall–Kier alpha value is -6.09. The quantitative estimate of drug-likeness (QED) is 0.0330. The maximum absolute atomic E-state index is 13.8. The van der Waals surface area contributed by atoms with Crippen LogP contribution in [0.15, 0.2) is 0 Å². The number of carboxylic acid groups (broad SMARTS) is 1. The summed E-state index contributed by atoms with van der Waals surface area (Å²) in [4.78, 5) is 160. The van der Waals surface area contributed by atoms with E-state index in [1.807, 2.05) is 20.8 Å². The lowest BCUT2D eigenvalue weighted by atomic mass is 9.97. The molecule has 0 aliphatic rings. The third-order valence-corrected chi connectivity index (χ3v) is 14.4. The SMILES string of the molecule is CC[C@H](C)[C@H](NC(=O)[C@H](C)NC(=O)[C@@H](NC(=O)[C@@H](NC(=O)[C@@H](NC(=O)[C@H](C)NC(=O)[C@@H](NC(=O)[C@H](CS)NC(=O)[C@@H](NC(=O)CNC(=O)[C@@H](NC(=O)[C@@H](N)CC(C)C)[C@@H](C)CC)[C@@H](C)CC)C(C)C)C(C)C)[C@@H](C)O)C(C)C)C(=O)O. The van der Waals surface area contributed by atoms with Crippen LogP contribution in [0.3, 0.4) is 0 Å². The number of carbonyl (C=O) groups excluding carboxylic acids is 11. The van der Waals surface area contributed by atoms with Crippen LogP contribution in [0.4, 0.5) is 0 Å². The fraction of sp³-hybridized carbons (Fsp3) is 0.778. The van der Waals surface area contributed by atoms with Crippen molar-refractivity contribution >= 4 is 83.6 Å². The highest BCUT2D eigenvalue weighted by Gasteiger charge is 2.38. The average molecular weight is 1170 g/mol. The first-order valence-electron chi connectivity index (χ1n) is 28.1. The van der Waals surface area contributed by atoms with Gasteiger partial charge in [-0.25, -0.2) is 4.79 Å². The maximum Gasteiger partial charge on any atom is 0.326 e. The minimum absolute atomic E-state index is 0.138. The summed E-state index contributed by atoms with van der Waals surface area (Å²) in [6, 6.07) is -13.7. The molecule has 0 aliphatic heterocycles. The average Bonchev–Trinajstić information content (AvgIpc) is 3.38. The lowest BCUT2D eigenvalue weighted by Crippen LogP contribution is -2.63. The molecule has 26 nitrogen and oxygen atoms in total. The Morgan fingerprint density at radius 1 is 0.407 bits per heavy atom. The summed E-state index contributed by atoms with van der Waals surface area (Å²) in [6.07, 6.45) is 0.262. The van der Waals surface area contributed by atoms with Crippen molar-refractivity contribution in [3.8, 4) is 0 Å². The molecule has 0 rings (SSSR count). The Kier molecular flexibility index (Phi) is 33.7. The molecule has 0 spiro atoms. The number of nitrogens with one attached hydrogen (secondary N) is 11. The van der Waals surface area contributed by atoms with Gasteiger partial charge in [-0.1, -0.05) is 116 Å². The molecular formula is C54H98N12O14S. The van der Waals surface area contributed by atoms with Gasteiger partial charge >= 0.3 is 5.97 Å². The van der Waals surface area contributed by atoms with Crippen LogP contribution in [0.25, 0.3) is 0 Å². The molecular weight excluding hydrogens is 1070 g/mol. The summed E-state index contributed by atoms with van der Waals surface area (Å²) < 4.78 is 0. The molecule has 27 heteroatoms. The van der Waals surface area contributed by atoms with Gasteiger partial charge in [-0.3, -0.25) is 52.7 Å². The largest absolute Gasteiger partial charge is 0.480 e. The Balaban J connectivity index is 6.00. The minimum atomic E-state index is -1.66. The third-order valence-electron chi connectivity index (χ3n) is 14.0. The van der Waals surface area contributed by atoms with Crippen molar-refractivity contribution in [2.45, 2.75) is 216 Å². The normalized spacial score (nSPS) is 17.0. The Morgan fingerprint density at radius 3 is 1.12 bits per heavy atom. The molecule has 15 N–H and O–H groups in total. The van der Waals surface area contributed by atoms with E-state index in [1.165, 1.54) is 20.8 Å². The molecule has 81 heavy (non-hydrogen) atoms. The molecule has 0 aromatic carbocycles. The molecule has 0 aromatic heterocycles. The summed E-state index contributed by atoms with van der Waals surface area (Å²) in [5, 5.41) is 48.2. The van der Waals surface area contributed by atoms with E-state index in [-0.39, 0.29) is 17.6 Å². The van der Waals surface area contributed by atoms with E-state index < -0.39 is 180 Å². The van der Waals surface area contributed by atoms with Gasteiger partial charge in [-0.2, -0.15) is 12.6 Å². The van der Waals surface area contributed by atoms with E-state index in [1.54, 1.807) is 76.2 Å². The second-order valence-corrected chi connectivity index (χ2v) is 23.0. The molecule has 464 valence electrons. The van der Waals surface area contributed by atoms with Crippen molar-refractivity contribution in [1.82, 2.24) is 58.5 Å². The van der Waals surface area contributed by atoms with Gasteiger partial charge in [0.25, 0.3) is 0 Å². The number of nitrogens with two attached hydrogens (primary N) is 1. The van der Waals surface area contributed by atoms with Crippen LogP contribution in [-0.2, 0) is 57.5 Å². The highest BCUT2D eigenvalue weighted by molar-refractivity contribution is 7.80. The molecule has 0 heterocycles. The van der Waals surface area contributed by atoms with E-state index in [2.05, 4.69) is 71.1 Å². The van der Waals surface area contributed by atoms with Crippen LogP contribution >= 0.6 is 12.6 Å². The van der Waals surface area contributed by atoms with Gasteiger partial charge < -0.3 is 74.4 Å². The summed E-state index contributed by atoms with van der Waals surface area (Å²) in [6.45, 7) is 27.3. The first-order chi connectivity index (χ1) is 37.5. The number of aliphatic hydroxyl groups excluding tert-OH is 1. The van der Waals surface area contributed by atoms with Crippen LogP contribution in [0.2, 0.25) is 0 Å². The molecule has 0 unspecified atom stereocenters. The van der Waals surface area contributed by atoms with Gasteiger partial charge in [0.15, 0.2) is 0 Å². The fourth-order valence-corrected chi connectivity index (χ4v) is 8.22. The van der Waals surface area contributed by atoms with E-state index in [0.717, 1.165) is 0 Å². The molecule has 0 aromatic rings. The van der Waals surface area contributed by atoms with Gasteiger partial charge in [-0.15, -0.1) is 0 Å². The Labute approximate surface area is 483 Å². The number of carboxylic acids is 1. The number of hydrogen-bond acceptors (Lipinski definition) is 15. The molecule has 0 bridgehead atoms. The molecule has 15 atom stereocenters. The monoisotopic (exact) mass is 1170 g/mol. The van der Waals surface area contributed by atoms with Crippen LogP contribution in [0.5, 0.6) is 0 Å². The van der Waals surface area contributed by atoms with Crippen molar-refractivity contribution in [2.24, 2.45) is 47.2 Å². The predicted molar refractivity (Wildman–Crippen MR) is 307 cm³/mol. The number of aliphatic hydroxyl groups is 1. The van der Waals surface area contributed by atoms with E-state index in [0.29, 0.717) is 25.7 Å². The standard InChI is InChI=1S/C54H98N12O14S/c1-18-28(12)40(64-46(71)34(55)21-24(4)5)48(73)56-22-36(68)60-41(29(13)19-2)52(77)59-35(23-81)47(72)62-37(25(6)7)49(74)57-31(15)44(69)61-39(27(10)11)51(76)66-43(33(17)67)53(78)63-38(26(8)9)50(75)58-32(16)45(70)65-42(54(79)80)30(14)20-3/h24-35,37-43,67,81H,18-23,55H2,1-17H3,(H,56,73)(H,57,74)(H,58,75)(H,59,77)(H,60,68)(H,61,69)(H,62,72)(H,63,78)(H,64,71)(H,65,70)(H,66,76)(H,79,80)/t28-,29-,30-,31-,32-,33+,34-,35-,37-,38-,39-,40-,41-,42-,43-/m0/s1. The Bertz CT molecular complexity index is 2150. The number of hydrogen-bond donors (Lipinski definition) is 15. The number of aliphatic carboxylic acids is 1. The zero-order valence-corrected chi connectivity index (χ0v) is 51.4.